The second-order valence-corrected chi connectivity index (χ2v) is 5.32. The molecule has 17 heavy (non-hydrogen) atoms. The molecule has 0 spiro atoms. The van der Waals surface area contributed by atoms with Crippen molar-refractivity contribution in [3.05, 3.63) is 28.7 Å². The fraction of sp³-hybridized carbons (Fsp3) is 0.615. The molecule has 4 heteroatoms. The molecular formula is C13H19N3O. The van der Waals surface area contributed by atoms with Gasteiger partial charge in [0.2, 0.25) is 0 Å². The third-order valence-corrected chi connectivity index (χ3v) is 4.16. The Labute approximate surface area is 101 Å². The topological polar surface area (TPSA) is 51.3 Å². The fourth-order valence-corrected chi connectivity index (χ4v) is 3.26. The first-order chi connectivity index (χ1) is 8.22. The number of hydrogen-bond donors (Lipinski definition) is 1. The number of rotatable bonds is 3. The minimum Gasteiger partial charge on any atom is -0.398 e. The lowest BCUT2D eigenvalue weighted by molar-refractivity contribution is 0.205. The van der Waals surface area contributed by atoms with Crippen LogP contribution in [-0.2, 0) is 6.54 Å². The van der Waals surface area contributed by atoms with Crippen molar-refractivity contribution in [2.75, 3.05) is 18.8 Å². The SMILES string of the molecule is Nc1ccc(=O)n(CCN2CC3CCC2C3)c1. The molecule has 2 unspecified atom stereocenters. The van der Waals surface area contributed by atoms with Crippen molar-refractivity contribution < 1.29 is 0 Å². The van der Waals surface area contributed by atoms with Crippen molar-refractivity contribution in [3.8, 4) is 0 Å². The predicted octanol–water partition coefficient (Wildman–Crippen LogP) is 0.915. The Balaban J connectivity index is 1.64. The van der Waals surface area contributed by atoms with Gasteiger partial charge in [-0.2, -0.15) is 0 Å². The molecule has 2 N–H and O–H groups in total. The molecule has 4 nitrogen and oxygen atoms in total. The Hall–Kier alpha value is -1.29. The van der Waals surface area contributed by atoms with Gasteiger partial charge in [0.1, 0.15) is 0 Å². The predicted molar refractivity (Wildman–Crippen MR) is 67.8 cm³/mol. The van der Waals surface area contributed by atoms with E-state index in [1.54, 1.807) is 22.9 Å². The lowest BCUT2D eigenvalue weighted by atomic mass is 10.1. The second-order valence-electron chi connectivity index (χ2n) is 5.32. The summed E-state index contributed by atoms with van der Waals surface area (Å²) in [5, 5.41) is 0. The van der Waals surface area contributed by atoms with Crippen LogP contribution in [0.5, 0.6) is 0 Å². The van der Waals surface area contributed by atoms with Gasteiger partial charge in [-0.3, -0.25) is 9.69 Å². The Morgan fingerprint density at radius 2 is 2.18 bits per heavy atom. The van der Waals surface area contributed by atoms with Crippen molar-refractivity contribution in [2.45, 2.75) is 31.8 Å². The number of nitrogen functional groups attached to an aromatic ring is 1. The fourth-order valence-electron chi connectivity index (χ4n) is 3.26. The summed E-state index contributed by atoms with van der Waals surface area (Å²) >= 11 is 0. The van der Waals surface area contributed by atoms with Crippen LogP contribution in [0.2, 0.25) is 0 Å². The van der Waals surface area contributed by atoms with Crippen LogP contribution >= 0.6 is 0 Å². The van der Waals surface area contributed by atoms with Crippen LogP contribution in [0.3, 0.4) is 0 Å². The van der Waals surface area contributed by atoms with Crippen LogP contribution in [-0.4, -0.2) is 28.6 Å². The highest BCUT2D eigenvalue weighted by molar-refractivity contribution is 5.33. The van der Waals surface area contributed by atoms with E-state index in [9.17, 15) is 4.79 Å². The summed E-state index contributed by atoms with van der Waals surface area (Å²) in [5.41, 5.74) is 6.40. The average Bonchev–Trinajstić information content (AvgIpc) is 2.92. The summed E-state index contributed by atoms with van der Waals surface area (Å²) in [7, 11) is 0. The molecule has 1 aromatic heterocycles. The standard InChI is InChI=1S/C13H19N3O/c14-11-2-4-13(17)16(9-11)6-5-15-8-10-1-3-12(15)7-10/h2,4,9-10,12H,1,3,5-8,14H2. The van der Waals surface area contributed by atoms with E-state index in [4.69, 9.17) is 5.73 Å². The third kappa shape index (κ3) is 2.09. The van der Waals surface area contributed by atoms with Crippen LogP contribution in [0.1, 0.15) is 19.3 Å². The van der Waals surface area contributed by atoms with Crippen molar-refractivity contribution in [2.24, 2.45) is 5.92 Å². The Kier molecular flexibility index (Phi) is 2.67. The number of aromatic nitrogens is 1. The largest absolute Gasteiger partial charge is 0.398 e. The molecule has 1 aliphatic heterocycles. The molecule has 1 saturated heterocycles. The number of nitrogens with two attached hydrogens (primary N) is 1. The normalized spacial score (nSPS) is 27.8. The minimum absolute atomic E-state index is 0.0450. The van der Waals surface area contributed by atoms with Gasteiger partial charge < -0.3 is 10.3 Å². The maximum absolute atomic E-state index is 11.6. The number of hydrogen-bond acceptors (Lipinski definition) is 3. The number of nitrogens with zero attached hydrogens (tertiary/aromatic N) is 2. The van der Waals surface area contributed by atoms with Gasteiger partial charge in [-0.1, -0.05) is 0 Å². The maximum atomic E-state index is 11.6. The van der Waals surface area contributed by atoms with Crippen molar-refractivity contribution in [3.63, 3.8) is 0 Å². The Morgan fingerprint density at radius 3 is 2.88 bits per heavy atom. The lowest BCUT2D eigenvalue weighted by Gasteiger charge is -2.26. The summed E-state index contributed by atoms with van der Waals surface area (Å²) in [6, 6.07) is 3.99. The van der Waals surface area contributed by atoms with Gasteiger partial charge in [0, 0.05) is 43.6 Å². The summed E-state index contributed by atoms with van der Waals surface area (Å²) < 4.78 is 1.72. The molecule has 92 valence electrons. The van der Waals surface area contributed by atoms with E-state index in [-0.39, 0.29) is 5.56 Å². The van der Waals surface area contributed by atoms with Crippen molar-refractivity contribution in [1.82, 2.24) is 9.47 Å². The van der Waals surface area contributed by atoms with Crippen molar-refractivity contribution in [1.29, 1.82) is 0 Å². The van der Waals surface area contributed by atoms with Crippen LogP contribution in [0.25, 0.3) is 0 Å². The zero-order chi connectivity index (χ0) is 11.8. The van der Waals surface area contributed by atoms with Crippen LogP contribution in [0.4, 0.5) is 5.69 Å². The van der Waals surface area contributed by atoms with E-state index in [0.29, 0.717) is 5.69 Å². The molecule has 2 bridgehead atoms. The van der Waals surface area contributed by atoms with E-state index in [1.165, 1.54) is 25.8 Å². The van der Waals surface area contributed by atoms with E-state index in [1.807, 2.05) is 0 Å². The van der Waals surface area contributed by atoms with E-state index >= 15 is 0 Å². The van der Waals surface area contributed by atoms with Gasteiger partial charge >= 0.3 is 0 Å². The molecular weight excluding hydrogens is 214 g/mol. The summed E-state index contributed by atoms with van der Waals surface area (Å²) in [6.07, 6.45) is 5.86. The monoisotopic (exact) mass is 233 g/mol. The number of pyridine rings is 1. The number of likely N-dealkylation sites (tertiary alicyclic amines) is 1. The second kappa shape index (κ2) is 4.18. The summed E-state index contributed by atoms with van der Waals surface area (Å²) in [4.78, 5) is 14.2. The van der Waals surface area contributed by atoms with Gasteiger partial charge in [-0.15, -0.1) is 0 Å². The maximum Gasteiger partial charge on any atom is 0.250 e. The first-order valence-corrected chi connectivity index (χ1v) is 6.42. The van der Waals surface area contributed by atoms with Crippen molar-refractivity contribution >= 4 is 5.69 Å². The number of piperidine rings is 1. The van der Waals surface area contributed by atoms with Gasteiger partial charge in [-0.25, -0.2) is 0 Å². The zero-order valence-electron chi connectivity index (χ0n) is 10.0. The number of anilines is 1. The molecule has 2 atom stereocenters. The molecule has 0 radical (unpaired) electrons. The quantitative estimate of drug-likeness (QED) is 0.844. The van der Waals surface area contributed by atoms with Gasteiger partial charge in [0.05, 0.1) is 0 Å². The van der Waals surface area contributed by atoms with E-state index in [2.05, 4.69) is 4.90 Å². The highest BCUT2D eigenvalue weighted by Crippen LogP contribution is 2.36. The van der Waals surface area contributed by atoms with E-state index < -0.39 is 0 Å². The van der Waals surface area contributed by atoms with Gasteiger partial charge in [0.25, 0.3) is 5.56 Å². The molecule has 3 rings (SSSR count). The summed E-state index contributed by atoms with van der Waals surface area (Å²) in [6.45, 7) is 2.96. The minimum atomic E-state index is 0.0450. The Bertz CT molecular complexity index is 468. The number of fused-ring (bicyclic) bond motifs is 2. The first-order valence-electron chi connectivity index (χ1n) is 6.42. The third-order valence-electron chi connectivity index (χ3n) is 4.16. The molecule has 0 amide bonds. The lowest BCUT2D eigenvalue weighted by Crippen LogP contribution is -2.36. The Morgan fingerprint density at radius 1 is 1.29 bits per heavy atom. The molecule has 1 aromatic rings. The van der Waals surface area contributed by atoms with Crippen LogP contribution < -0.4 is 11.3 Å². The highest BCUT2D eigenvalue weighted by atomic mass is 16.1. The van der Waals surface area contributed by atoms with Gasteiger partial charge in [0.15, 0.2) is 0 Å². The van der Waals surface area contributed by atoms with E-state index in [0.717, 1.165) is 25.0 Å². The zero-order valence-corrected chi connectivity index (χ0v) is 10.0. The average molecular weight is 233 g/mol. The molecule has 2 aliphatic rings. The van der Waals surface area contributed by atoms with Crippen LogP contribution in [0, 0.1) is 5.92 Å². The highest BCUT2D eigenvalue weighted by Gasteiger charge is 2.37. The first kappa shape index (κ1) is 10.8. The van der Waals surface area contributed by atoms with Crippen LogP contribution in [0.15, 0.2) is 23.1 Å². The molecule has 1 saturated carbocycles. The molecule has 1 aliphatic carbocycles. The summed E-state index contributed by atoms with van der Waals surface area (Å²) in [5.74, 6) is 0.914. The van der Waals surface area contributed by atoms with Gasteiger partial charge in [-0.05, 0) is 31.2 Å². The molecule has 2 fully saturated rings. The smallest absolute Gasteiger partial charge is 0.250 e. The molecule has 2 heterocycles. The molecule has 0 aromatic carbocycles.